The zero-order valence-electron chi connectivity index (χ0n) is 64.0. The number of thiophene rings is 1. The summed E-state index contributed by atoms with van der Waals surface area (Å²) < 4.78 is 0. The van der Waals surface area contributed by atoms with Crippen LogP contribution in [0, 0.1) is 28.6 Å². The van der Waals surface area contributed by atoms with Gasteiger partial charge in [-0.15, -0.1) is 23.1 Å². The molecular formula is C67H110N22O21S2. The first-order valence-corrected chi connectivity index (χ1v) is 38.2. The number of fused-ring (bicyclic) bond motifs is 2. The first-order chi connectivity index (χ1) is 52.6. The maximum Gasteiger partial charge on any atom is 0.305 e. The molecule has 0 fully saturated rings. The van der Waals surface area contributed by atoms with E-state index in [-0.39, 0.29) is 76.9 Å². The molecule has 4 unspecified atom stereocenters. The largest absolute Gasteiger partial charge is 0.481 e. The molecule has 28 N–H and O–H groups in total. The van der Waals surface area contributed by atoms with Crippen molar-refractivity contribution in [3.05, 3.63) is 21.9 Å². The number of rotatable bonds is 23. The number of aliphatic carboxylic acids is 2. The number of aliphatic hydroxyl groups is 2. The number of carbonyl (C=O) groups is 17. The Balaban J connectivity index is 2.77. The van der Waals surface area contributed by atoms with E-state index in [4.69, 9.17) is 28.0 Å². The minimum Gasteiger partial charge on any atom is -0.481 e. The van der Waals surface area contributed by atoms with Crippen molar-refractivity contribution in [3.8, 4) is 0 Å². The molecule has 0 saturated heterocycles. The third-order valence-electron chi connectivity index (χ3n) is 16.9. The number of carbonyl (C=O) groups excluding carboxylic acids is 15. The second kappa shape index (κ2) is 50.1. The Bertz CT molecular complexity index is 3520. The van der Waals surface area contributed by atoms with E-state index >= 15 is 0 Å². The number of nitrogens with one attached hydrogen (secondary N) is 18. The van der Waals surface area contributed by atoms with Crippen molar-refractivity contribution in [3.63, 3.8) is 0 Å². The van der Waals surface area contributed by atoms with Gasteiger partial charge >= 0.3 is 11.9 Å². The van der Waals surface area contributed by atoms with E-state index in [1.807, 2.05) is 0 Å². The van der Waals surface area contributed by atoms with Crippen molar-refractivity contribution >= 4 is 141 Å². The summed E-state index contributed by atoms with van der Waals surface area (Å²) in [6.45, 7) is 8.68. The minimum atomic E-state index is -2.04. The Kier molecular flexibility index (Phi) is 43.5. The van der Waals surface area contributed by atoms with Gasteiger partial charge in [0.2, 0.25) is 88.6 Å². The molecule has 0 aromatic carbocycles. The number of thioether (sulfide) groups is 1. The van der Waals surface area contributed by atoms with E-state index in [0.29, 0.717) is 15.5 Å². The van der Waals surface area contributed by atoms with E-state index in [0.717, 1.165) is 0 Å². The SMILES string of the molecule is CCC1NC(=O)C/N=C(\SC)c2cc(cs2)CCNC(=O)[C@H](CCCNC(=N)N)NC(=O)[C@H](CCCNC(=N)N)NC(=O)[C@H](CC(=O)O)NC(=O)C(C(C)C)NC(=O)[C@H](CCC(N)=O)NC(=O)[C@H](CC(=O)O)NC(=O)CNC(=O)C([C@@H](C)CC)NC(=O)CNC(=O)[C@H](CO)NC(=O)[C@H](CC(C)C)NC(=O)C([C@@H](C)O)NC1=O. The Morgan fingerprint density at radius 3 is 1.50 bits per heavy atom. The molecule has 0 saturated carbocycles. The average molecular weight is 1620 g/mol. The molecule has 1 aliphatic heterocycles. The number of amides is 15. The number of hydrogen-bond acceptors (Lipinski definition) is 24. The second-order valence-corrected chi connectivity index (χ2v) is 28.7. The van der Waals surface area contributed by atoms with Crippen LogP contribution in [-0.2, 0) is 87.9 Å². The van der Waals surface area contributed by atoms with Crippen LogP contribution in [0.25, 0.3) is 0 Å². The van der Waals surface area contributed by atoms with Gasteiger partial charge in [0.15, 0.2) is 11.9 Å². The van der Waals surface area contributed by atoms with Crippen molar-refractivity contribution in [1.29, 1.82) is 10.8 Å². The molecule has 1 aliphatic rings. The summed E-state index contributed by atoms with van der Waals surface area (Å²) in [5, 5.41) is 96.8. The van der Waals surface area contributed by atoms with Crippen LogP contribution in [0.3, 0.4) is 0 Å². The van der Waals surface area contributed by atoms with Crippen molar-refractivity contribution in [2.75, 3.05) is 52.1 Å². The molecule has 0 spiro atoms. The lowest BCUT2D eigenvalue weighted by atomic mass is 9.98. The second-order valence-electron chi connectivity index (χ2n) is 27.0. The van der Waals surface area contributed by atoms with Gasteiger partial charge in [-0.05, 0) is 99.3 Å². The molecule has 626 valence electrons. The van der Waals surface area contributed by atoms with Gasteiger partial charge in [0.05, 0.1) is 43.5 Å². The number of guanidine groups is 2. The number of hydrogen-bond donors (Lipinski definition) is 25. The fourth-order valence-corrected chi connectivity index (χ4v) is 12.4. The highest BCUT2D eigenvalue weighted by molar-refractivity contribution is 8.14. The molecular weight excluding hydrogens is 1510 g/mol. The molecule has 15 amide bonds. The van der Waals surface area contributed by atoms with Crippen molar-refractivity contribution in [2.24, 2.45) is 39.9 Å². The summed E-state index contributed by atoms with van der Waals surface area (Å²) in [6.07, 6.45) is -3.37. The van der Waals surface area contributed by atoms with Gasteiger partial charge < -0.3 is 123 Å². The number of carboxylic acids is 2. The number of nitrogens with zero attached hydrogens (tertiary/aromatic N) is 1. The fourth-order valence-electron chi connectivity index (χ4n) is 10.7. The maximum absolute atomic E-state index is 14.4. The molecule has 1 aromatic heterocycles. The third kappa shape index (κ3) is 36.3. The van der Waals surface area contributed by atoms with Crippen LogP contribution in [0.15, 0.2) is 16.4 Å². The van der Waals surface area contributed by atoms with Crippen LogP contribution in [0.4, 0.5) is 0 Å². The molecule has 0 radical (unpaired) electrons. The number of nitrogens with two attached hydrogens (primary N) is 3. The minimum absolute atomic E-state index is 0.000864. The molecule has 112 heavy (non-hydrogen) atoms. The number of carboxylic acid groups (broad SMARTS) is 2. The number of aliphatic hydroxyl groups excluding tert-OH is 2. The normalized spacial score (nSPS) is 24.4. The Morgan fingerprint density at radius 1 is 0.554 bits per heavy atom. The Hall–Kier alpha value is -10.8. The topological polar surface area (TPSA) is 702 Å². The molecule has 2 bridgehead atoms. The van der Waals surface area contributed by atoms with Crippen LogP contribution in [0.1, 0.15) is 136 Å². The number of primary amides is 1. The zero-order valence-corrected chi connectivity index (χ0v) is 65.6. The van der Waals surface area contributed by atoms with Gasteiger partial charge in [-0.25, -0.2) is 0 Å². The standard InChI is InChI=1S/C67H110N22O21S2/c1-10-33(7)52-62(108)77-26-46(93)80-41(24-49(96)97)60(106)83-39(16-17-45(68)92)58(104)88-51(32(5)6)63(109)85-42(25-50(98)99)61(107)82-38(15-13-20-75-67(71)72)57(103)81-37(14-12-19-74-66(69)70)54(100)73-21-18-35-23-44(112-30-35)65(111-9)78-28-47(94)79-36(11-2)56(102)89-53(34(8)91)64(110)84-40(22-31(3)4)59(105)86-43(29-90)55(101)76-27-48(95)87-52/h23,30-34,36-43,51-53,90-91H,10-22,24-29H2,1-9H3,(H2,68,92)(H,73,100)(H,76,101)(H,77,108)(H,79,94)(H,80,93)(H,81,103)(H,82,107)(H,83,106)(H,84,110)(H,85,109)(H,86,105)(H,87,95)(H,88,104)(H,89,102)(H,96,97)(H,98,99)(H4,69,70,74)(H4,71,72,75)/b78-65-/t33-,34+,36?,37-,38-,39-,40-,41-,42-,43-,51?,52?,53?/m0/s1. The van der Waals surface area contributed by atoms with Gasteiger partial charge in [-0.2, -0.15) is 0 Å². The van der Waals surface area contributed by atoms with Crippen LogP contribution in [-0.4, -0.2) is 263 Å². The summed E-state index contributed by atoms with van der Waals surface area (Å²) in [7, 11) is 0. The van der Waals surface area contributed by atoms with E-state index in [1.165, 1.54) is 50.8 Å². The molecule has 43 nitrogen and oxygen atoms in total. The van der Waals surface area contributed by atoms with Gasteiger partial charge in [0.1, 0.15) is 78.0 Å². The summed E-state index contributed by atoms with van der Waals surface area (Å²) in [5.74, 6) is -22.0. The summed E-state index contributed by atoms with van der Waals surface area (Å²) >= 11 is 2.44. The predicted molar refractivity (Wildman–Crippen MR) is 407 cm³/mol. The first kappa shape index (κ1) is 97.2. The quantitative estimate of drug-likeness (QED) is 0.0275. The monoisotopic (exact) mass is 1620 g/mol. The van der Waals surface area contributed by atoms with Crippen LogP contribution in [0.2, 0.25) is 0 Å². The molecule has 2 rings (SSSR count). The Morgan fingerprint density at radius 2 is 1.00 bits per heavy atom. The van der Waals surface area contributed by atoms with Gasteiger partial charge in [0, 0.05) is 26.1 Å². The van der Waals surface area contributed by atoms with Crippen LogP contribution in [0.5, 0.6) is 0 Å². The average Bonchev–Trinajstić information content (AvgIpc) is 0.996. The third-order valence-corrected chi connectivity index (χ3v) is 18.8. The maximum atomic E-state index is 14.4. The van der Waals surface area contributed by atoms with E-state index in [2.05, 4.69) is 90.1 Å². The van der Waals surface area contributed by atoms with Gasteiger partial charge in [-0.3, -0.25) is 97.3 Å². The summed E-state index contributed by atoms with van der Waals surface area (Å²) in [4.78, 5) is 236. The molecule has 45 heteroatoms. The smallest absolute Gasteiger partial charge is 0.305 e. The van der Waals surface area contributed by atoms with Gasteiger partial charge in [-0.1, -0.05) is 54.9 Å². The molecule has 0 aliphatic carbocycles. The highest BCUT2D eigenvalue weighted by Crippen LogP contribution is 2.21. The van der Waals surface area contributed by atoms with Gasteiger partial charge in [0.25, 0.3) is 0 Å². The first-order valence-electron chi connectivity index (χ1n) is 36.1. The summed E-state index contributed by atoms with van der Waals surface area (Å²) in [6, 6.07) is -16.5. The van der Waals surface area contributed by atoms with E-state index in [9.17, 15) is 102 Å². The predicted octanol–water partition coefficient (Wildman–Crippen LogP) is -7.63. The molecule has 1 aromatic rings. The zero-order chi connectivity index (χ0) is 84.6. The van der Waals surface area contributed by atoms with Crippen LogP contribution >= 0.6 is 23.1 Å². The van der Waals surface area contributed by atoms with Crippen LogP contribution < -0.4 is 102 Å². The molecule has 13 atom stereocenters. The number of aliphatic imine (C=N–C) groups is 1. The lowest BCUT2D eigenvalue weighted by molar-refractivity contribution is -0.142. The lowest BCUT2D eigenvalue weighted by Crippen LogP contribution is -2.61. The lowest BCUT2D eigenvalue weighted by Gasteiger charge is -2.28. The highest BCUT2D eigenvalue weighted by atomic mass is 32.2. The van der Waals surface area contributed by atoms with E-state index < -0.39 is 249 Å². The van der Waals surface area contributed by atoms with Crippen molar-refractivity contribution in [1.82, 2.24) is 85.1 Å². The summed E-state index contributed by atoms with van der Waals surface area (Å²) in [5.41, 5.74) is 17.0. The fraction of sp³-hybridized carbons (Fsp3) is 0.642. The van der Waals surface area contributed by atoms with Crippen molar-refractivity contribution in [2.45, 2.75) is 205 Å². The Labute approximate surface area is 654 Å². The van der Waals surface area contributed by atoms with E-state index in [1.54, 1.807) is 45.4 Å². The highest BCUT2D eigenvalue weighted by Gasteiger charge is 2.38. The molecule has 2 heterocycles. The van der Waals surface area contributed by atoms with Crippen molar-refractivity contribution < 1.29 is 102 Å².